The van der Waals surface area contributed by atoms with Gasteiger partial charge in [-0.2, -0.15) is 13.2 Å². The number of hydrogen-bond acceptors (Lipinski definition) is 4. The van der Waals surface area contributed by atoms with Gasteiger partial charge in [0.1, 0.15) is 5.82 Å². The first kappa shape index (κ1) is 22.7. The molecule has 3 aromatic rings. The molecule has 4 rings (SSSR count). The van der Waals surface area contributed by atoms with Crippen LogP contribution in [0.3, 0.4) is 0 Å². The SMILES string of the molecule is CC(C)c1ccccc1Sc1ccc(-c2ccnc(N3CC[C@H](O)C3)c2)cc1C(F)(F)F. The van der Waals surface area contributed by atoms with E-state index in [0.29, 0.717) is 36.5 Å². The van der Waals surface area contributed by atoms with Gasteiger partial charge in [0.05, 0.1) is 11.7 Å². The second-order valence-electron chi connectivity index (χ2n) is 8.29. The normalized spacial score (nSPS) is 16.7. The van der Waals surface area contributed by atoms with Crippen LogP contribution in [0.2, 0.25) is 0 Å². The highest BCUT2D eigenvalue weighted by molar-refractivity contribution is 7.99. The lowest BCUT2D eigenvalue weighted by atomic mass is 10.0. The van der Waals surface area contributed by atoms with E-state index >= 15 is 0 Å². The summed E-state index contributed by atoms with van der Waals surface area (Å²) in [6.45, 7) is 5.23. The molecule has 0 amide bonds. The van der Waals surface area contributed by atoms with Crippen LogP contribution in [0.25, 0.3) is 11.1 Å². The first-order valence-electron chi connectivity index (χ1n) is 10.6. The van der Waals surface area contributed by atoms with Crippen molar-refractivity contribution in [2.75, 3.05) is 18.0 Å². The van der Waals surface area contributed by atoms with Gasteiger partial charge in [-0.15, -0.1) is 0 Å². The van der Waals surface area contributed by atoms with Crippen LogP contribution in [0, 0.1) is 0 Å². The molecule has 1 N–H and O–H groups in total. The van der Waals surface area contributed by atoms with Gasteiger partial charge in [-0.25, -0.2) is 4.98 Å². The molecular weight excluding hydrogens is 433 g/mol. The van der Waals surface area contributed by atoms with Gasteiger partial charge in [-0.1, -0.05) is 49.9 Å². The highest BCUT2D eigenvalue weighted by Gasteiger charge is 2.34. The highest BCUT2D eigenvalue weighted by Crippen LogP contribution is 2.43. The third kappa shape index (κ3) is 4.94. The molecular formula is C25H25F3N2OS. The average molecular weight is 459 g/mol. The van der Waals surface area contributed by atoms with Crippen molar-refractivity contribution in [1.29, 1.82) is 0 Å². The number of aliphatic hydroxyl groups excluding tert-OH is 1. The van der Waals surface area contributed by atoms with Crippen molar-refractivity contribution in [2.45, 2.75) is 48.3 Å². The number of halogens is 3. The van der Waals surface area contributed by atoms with Crippen LogP contribution in [0.4, 0.5) is 19.0 Å². The van der Waals surface area contributed by atoms with E-state index in [1.54, 1.807) is 30.5 Å². The molecule has 1 fully saturated rings. The minimum atomic E-state index is -4.47. The maximum absolute atomic E-state index is 14.0. The van der Waals surface area contributed by atoms with Crippen molar-refractivity contribution in [3.05, 3.63) is 71.9 Å². The molecule has 168 valence electrons. The second-order valence-corrected chi connectivity index (χ2v) is 9.38. The van der Waals surface area contributed by atoms with Crippen molar-refractivity contribution in [2.24, 2.45) is 0 Å². The summed E-state index contributed by atoms with van der Waals surface area (Å²) in [5.41, 5.74) is 1.54. The van der Waals surface area contributed by atoms with Gasteiger partial charge >= 0.3 is 6.18 Å². The quantitative estimate of drug-likeness (QED) is 0.467. The summed E-state index contributed by atoms with van der Waals surface area (Å²) in [5.74, 6) is 0.878. The van der Waals surface area contributed by atoms with Crippen LogP contribution in [-0.4, -0.2) is 29.3 Å². The number of alkyl halides is 3. The van der Waals surface area contributed by atoms with Gasteiger partial charge < -0.3 is 10.0 Å². The van der Waals surface area contributed by atoms with E-state index in [0.717, 1.165) is 22.2 Å². The van der Waals surface area contributed by atoms with Gasteiger partial charge in [0.2, 0.25) is 0 Å². The van der Waals surface area contributed by atoms with E-state index in [1.807, 2.05) is 43.0 Å². The van der Waals surface area contributed by atoms with Gasteiger partial charge in [0.25, 0.3) is 0 Å². The zero-order valence-corrected chi connectivity index (χ0v) is 18.7. The third-order valence-electron chi connectivity index (χ3n) is 5.61. The Kier molecular flexibility index (Phi) is 6.49. The van der Waals surface area contributed by atoms with E-state index in [4.69, 9.17) is 0 Å². The molecule has 0 bridgehead atoms. The van der Waals surface area contributed by atoms with Gasteiger partial charge in [-0.3, -0.25) is 0 Å². The van der Waals surface area contributed by atoms with Crippen LogP contribution >= 0.6 is 11.8 Å². The molecule has 0 radical (unpaired) electrons. The Hall–Kier alpha value is -2.51. The molecule has 3 nitrogen and oxygen atoms in total. The molecule has 0 aliphatic carbocycles. The fraction of sp³-hybridized carbons (Fsp3) is 0.320. The smallest absolute Gasteiger partial charge is 0.391 e. The summed E-state index contributed by atoms with van der Waals surface area (Å²) in [5, 5.41) is 9.78. The van der Waals surface area contributed by atoms with Crippen molar-refractivity contribution < 1.29 is 18.3 Å². The third-order valence-corrected chi connectivity index (χ3v) is 6.78. The van der Waals surface area contributed by atoms with Gasteiger partial charge in [0, 0.05) is 29.1 Å². The maximum atomic E-state index is 14.0. The predicted octanol–water partition coefficient (Wildman–Crippen LogP) is 6.61. The Bertz CT molecular complexity index is 1100. The molecule has 1 aliphatic rings. The van der Waals surface area contributed by atoms with Crippen molar-refractivity contribution >= 4 is 17.6 Å². The first-order chi connectivity index (χ1) is 15.2. The van der Waals surface area contributed by atoms with E-state index in [9.17, 15) is 18.3 Å². The lowest BCUT2D eigenvalue weighted by Crippen LogP contribution is -2.22. The molecule has 2 aromatic carbocycles. The lowest BCUT2D eigenvalue weighted by Gasteiger charge is -2.19. The molecule has 1 aliphatic heterocycles. The molecule has 1 saturated heterocycles. The number of anilines is 1. The summed E-state index contributed by atoms with van der Waals surface area (Å²) >= 11 is 1.16. The Labute approximate surface area is 190 Å². The van der Waals surface area contributed by atoms with Crippen molar-refractivity contribution in [3.8, 4) is 11.1 Å². The number of benzene rings is 2. The number of β-amino-alcohol motifs (C(OH)–C–C–N with tert-alkyl or cyclic N) is 1. The highest BCUT2D eigenvalue weighted by atomic mass is 32.2. The first-order valence-corrected chi connectivity index (χ1v) is 11.4. The Morgan fingerprint density at radius 1 is 1.03 bits per heavy atom. The van der Waals surface area contributed by atoms with Gasteiger partial charge in [-0.05, 0) is 59.4 Å². The second kappa shape index (κ2) is 9.16. The van der Waals surface area contributed by atoms with E-state index in [-0.39, 0.29) is 10.8 Å². The largest absolute Gasteiger partial charge is 0.417 e. The van der Waals surface area contributed by atoms with Crippen LogP contribution < -0.4 is 4.90 Å². The van der Waals surface area contributed by atoms with E-state index in [2.05, 4.69) is 4.98 Å². The zero-order chi connectivity index (χ0) is 22.9. The Morgan fingerprint density at radius 3 is 2.47 bits per heavy atom. The molecule has 2 heterocycles. The fourth-order valence-electron chi connectivity index (χ4n) is 3.91. The van der Waals surface area contributed by atoms with Crippen molar-refractivity contribution in [1.82, 2.24) is 4.98 Å². The minimum Gasteiger partial charge on any atom is -0.391 e. The summed E-state index contributed by atoms with van der Waals surface area (Å²) in [6, 6.07) is 15.6. The van der Waals surface area contributed by atoms with Crippen LogP contribution in [0.1, 0.15) is 37.3 Å². The van der Waals surface area contributed by atoms with Crippen LogP contribution in [-0.2, 0) is 6.18 Å². The number of aliphatic hydroxyl groups is 1. The molecule has 7 heteroatoms. The number of hydrogen-bond donors (Lipinski definition) is 1. The topological polar surface area (TPSA) is 36.4 Å². The van der Waals surface area contributed by atoms with Crippen LogP contribution in [0.15, 0.2) is 70.6 Å². The summed E-state index contributed by atoms with van der Waals surface area (Å²) in [7, 11) is 0. The fourth-order valence-corrected chi connectivity index (χ4v) is 5.14. The number of rotatable bonds is 5. The summed E-state index contributed by atoms with van der Waals surface area (Å²) in [6.07, 6.45) is -2.61. The maximum Gasteiger partial charge on any atom is 0.417 e. The van der Waals surface area contributed by atoms with Crippen LogP contribution in [0.5, 0.6) is 0 Å². The van der Waals surface area contributed by atoms with Gasteiger partial charge in [0.15, 0.2) is 0 Å². The summed E-state index contributed by atoms with van der Waals surface area (Å²) in [4.78, 5) is 7.31. The number of nitrogens with zero attached hydrogens (tertiary/aromatic N) is 2. The monoisotopic (exact) mass is 458 g/mol. The number of pyridine rings is 1. The standard InChI is InChI=1S/C25H25F3N2OS/c1-16(2)20-5-3-4-6-22(20)32-23-8-7-17(13-21(23)25(26,27)28)18-9-11-29-24(14-18)30-12-10-19(31)15-30/h3-9,11,13-14,16,19,31H,10,12,15H2,1-2H3/t19-/m0/s1. The predicted molar refractivity (Wildman–Crippen MR) is 122 cm³/mol. The molecule has 32 heavy (non-hydrogen) atoms. The molecule has 0 unspecified atom stereocenters. The summed E-state index contributed by atoms with van der Waals surface area (Å²) < 4.78 is 42.0. The molecule has 1 atom stereocenters. The lowest BCUT2D eigenvalue weighted by molar-refractivity contribution is -0.139. The Morgan fingerprint density at radius 2 is 1.78 bits per heavy atom. The molecule has 0 saturated carbocycles. The average Bonchev–Trinajstić information content (AvgIpc) is 3.20. The van der Waals surface area contributed by atoms with E-state index in [1.165, 1.54) is 6.07 Å². The van der Waals surface area contributed by atoms with E-state index < -0.39 is 17.8 Å². The molecule has 0 spiro atoms. The molecule has 1 aromatic heterocycles. The zero-order valence-electron chi connectivity index (χ0n) is 17.9. The van der Waals surface area contributed by atoms with Crippen molar-refractivity contribution in [3.63, 3.8) is 0 Å². The number of aromatic nitrogens is 1. The minimum absolute atomic E-state index is 0.186. The Balaban J connectivity index is 1.70.